The predicted molar refractivity (Wildman–Crippen MR) is 109 cm³/mol. The second kappa shape index (κ2) is 9.20. The van der Waals surface area contributed by atoms with E-state index in [0.717, 1.165) is 36.0 Å². The van der Waals surface area contributed by atoms with Crippen LogP contribution >= 0.6 is 15.9 Å². The van der Waals surface area contributed by atoms with Gasteiger partial charge in [0.1, 0.15) is 0 Å². The number of ether oxygens (including phenoxy) is 1. The minimum Gasteiger partial charge on any atom is -0.389 e. The zero-order valence-electron chi connectivity index (χ0n) is 15.5. The summed E-state index contributed by atoms with van der Waals surface area (Å²) in [7, 11) is 0. The topological polar surface area (TPSA) is 65.9 Å². The van der Waals surface area contributed by atoms with Crippen molar-refractivity contribution < 1.29 is 9.84 Å². The molecule has 1 aromatic carbocycles. The van der Waals surface area contributed by atoms with Gasteiger partial charge in [-0.3, -0.25) is 4.99 Å². The average molecular weight is 424 g/mol. The van der Waals surface area contributed by atoms with Gasteiger partial charge >= 0.3 is 0 Å². The standard InChI is InChI=1S/C20H30BrN3O2/c1-2-22-19(23-11-18(25)13-26-12-15-6-7-15)24-14-20(8-9-20)16-4-3-5-17(21)10-16/h3-5,10,15,18,25H,2,6-9,11-14H2,1H3,(H2,22,23,24). The van der Waals surface area contributed by atoms with Gasteiger partial charge in [-0.1, -0.05) is 28.1 Å². The highest BCUT2D eigenvalue weighted by molar-refractivity contribution is 9.10. The van der Waals surface area contributed by atoms with Crippen molar-refractivity contribution in [1.29, 1.82) is 0 Å². The van der Waals surface area contributed by atoms with Crippen molar-refractivity contribution in [2.45, 2.75) is 44.1 Å². The molecule has 0 saturated heterocycles. The summed E-state index contributed by atoms with van der Waals surface area (Å²) in [6.45, 7) is 5.20. The zero-order valence-corrected chi connectivity index (χ0v) is 17.1. The predicted octanol–water partition coefficient (Wildman–Crippen LogP) is 2.82. The van der Waals surface area contributed by atoms with Crippen LogP contribution in [-0.4, -0.2) is 50.0 Å². The van der Waals surface area contributed by atoms with Crippen molar-refractivity contribution in [2.24, 2.45) is 10.9 Å². The average Bonchev–Trinajstić information content (AvgIpc) is 3.53. The van der Waals surface area contributed by atoms with Gasteiger partial charge in [0.25, 0.3) is 0 Å². The maximum atomic E-state index is 10.1. The first-order valence-corrected chi connectivity index (χ1v) is 10.4. The number of halogens is 1. The number of aliphatic hydroxyl groups excluding tert-OH is 1. The molecule has 2 aliphatic carbocycles. The third-order valence-corrected chi connectivity index (χ3v) is 5.53. The number of aliphatic imine (C=N–C) groups is 1. The molecule has 144 valence electrons. The molecule has 0 aliphatic heterocycles. The summed E-state index contributed by atoms with van der Waals surface area (Å²) in [5.74, 6) is 1.48. The second-order valence-corrected chi connectivity index (χ2v) is 8.42. The smallest absolute Gasteiger partial charge is 0.191 e. The molecule has 1 unspecified atom stereocenters. The molecule has 1 aromatic rings. The molecule has 2 aliphatic rings. The zero-order chi connectivity index (χ0) is 18.4. The largest absolute Gasteiger partial charge is 0.389 e. The van der Waals surface area contributed by atoms with E-state index >= 15 is 0 Å². The molecule has 0 heterocycles. The molecule has 0 aromatic heterocycles. The lowest BCUT2D eigenvalue weighted by atomic mass is 9.96. The van der Waals surface area contributed by atoms with Crippen molar-refractivity contribution >= 4 is 21.9 Å². The third kappa shape index (κ3) is 5.96. The summed E-state index contributed by atoms with van der Waals surface area (Å²) in [5.41, 5.74) is 1.51. The van der Waals surface area contributed by atoms with Crippen LogP contribution in [0.3, 0.4) is 0 Å². The van der Waals surface area contributed by atoms with Crippen LogP contribution in [0.5, 0.6) is 0 Å². The van der Waals surface area contributed by atoms with Gasteiger partial charge in [0.05, 0.1) is 19.3 Å². The van der Waals surface area contributed by atoms with E-state index < -0.39 is 6.10 Å². The van der Waals surface area contributed by atoms with Crippen LogP contribution in [0.15, 0.2) is 33.7 Å². The quantitative estimate of drug-likeness (QED) is 0.399. The highest BCUT2D eigenvalue weighted by atomic mass is 79.9. The summed E-state index contributed by atoms with van der Waals surface area (Å²) >= 11 is 3.56. The molecule has 2 saturated carbocycles. The van der Waals surface area contributed by atoms with Gasteiger partial charge in [0.15, 0.2) is 5.96 Å². The molecule has 0 radical (unpaired) electrons. The Balaban J connectivity index is 1.48. The van der Waals surface area contributed by atoms with Crippen LogP contribution in [0.1, 0.15) is 38.2 Å². The number of hydrogen-bond acceptors (Lipinski definition) is 3. The highest BCUT2D eigenvalue weighted by Gasteiger charge is 2.44. The van der Waals surface area contributed by atoms with Gasteiger partial charge in [0, 0.05) is 29.6 Å². The Labute approximate surface area is 164 Å². The first-order valence-electron chi connectivity index (χ1n) is 9.65. The second-order valence-electron chi connectivity index (χ2n) is 7.50. The monoisotopic (exact) mass is 423 g/mol. The lowest BCUT2D eigenvalue weighted by molar-refractivity contribution is 0.0345. The van der Waals surface area contributed by atoms with Crippen LogP contribution < -0.4 is 10.6 Å². The number of nitrogens with zero attached hydrogens (tertiary/aromatic N) is 1. The van der Waals surface area contributed by atoms with Gasteiger partial charge in [-0.2, -0.15) is 0 Å². The minimum atomic E-state index is -0.516. The van der Waals surface area contributed by atoms with E-state index in [9.17, 15) is 5.11 Å². The Hall–Kier alpha value is -1.11. The van der Waals surface area contributed by atoms with Gasteiger partial charge in [-0.05, 0) is 56.2 Å². The number of guanidine groups is 1. The van der Waals surface area contributed by atoms with Crippen molar-refractivity contribution in [3.8, 4) is 0 Å². The van der Waals surface area contributed by atoms with Gasteiger partial charge in [-0.15, -0.1) is 0 Å². The van der Waals surface area contributed by atoms with Crippen LogP contribution in [0, 0.1) is 5.92 Å². The van der Waals surface area contributed by atoms with Gasteiger partial charge < -0.3 is 20.5 Å². The molecule has 0 bridgehead atoms. The fraction of sp³-hybridized carbons (Fsp3) is 0.650. The van der Waals surface area contributed by atoms with E-state index in [-0.39, 0.29) is 5.41 Å². The first-order chi connectivity index (χ1) is 12.6. The molecular formula is C20H30BrN3O2. The molecule has 2 fully saturated rings. The maximum Gasteiger partial charge on any atom is 0.191 e. The minimum absolute atomic E-state index is 0.165. The van der Waals surface area contributed by atoms with Crippen LogP contribution in [0.4, 0.5) is 0 Å². The molecule has 6 heteroatoms. The van der Waals surface area contributed by atoms with Crippen molar-refractivity contribution in [2.75, 3.05) is 32.8 Å². The summed E-state index contributed by atoms with van der Waals surface area (Å²) in [6, 6.07) is 8.53. The van der Waals surface area contributed by atoms with E-state index in [1.54, 1.807) is 0 Å². The molecular weight excluding hydrogens is 394 g/mol. The lowest BCUT2D eigenvalue weighted by Crippen LogP contribution is -2.42. The molecule has 5 nitrogen and oxygen atoms in total. The fourth-order valence-corrected chi connectivity index (χ4v) is 3.41. The van der Waals surface area contributed by atoms with Crippen LogP contribution in [0.25, 0.3) is 0 Å². The molecule has 26 heavy (non-hydrogen) atoms. The van der Waals surface area contributed by atoms with Gasteiger partial charge in [-0.25, -0.2) is 0 Å². The SMILES string of the molecule is CCNC(=NCC1(c2cccc(Br)c2)CC1)NCC(O)COCC1CC1. The summed E-state index contributed by atoms with van der Waals surface area (Å²) in [6.07, 6.45) is 4.36. The normalized spacial score (nSPS) is 19.9. The van der Waals surface area contributed by atoms with E-state index in [2.05, 4.69) is 50.8 Å². The van der Waals surface area contributed by atoms with Crippen molar-refractivity contribution in [3.63, 3.8) is 0 Å². The van der Waals surface area contributed by atoms with Gasteiger partial charge in [0.2, 0.25) is 0 Å². The Kier molecular flexibility index (Phi) is 6.95. The van der Waals surface area contributed by atoms with E-state index in [4.69, 9.17) is 9.73 Å². The fourth-order valence-electron chi connectivity index (χ4n) is 3.01. The number of nitrogens with one attached hydrogen (secondary N) is 2. The number of rotatable bonds is 10. The van der Waals surface area contributed by atoms with E-state index in [1.165, 1.54) is 31.2 Å². The lowest BCUT2D eigenvalue weighted by Gasteiger charge is -2.18. The Bertz CT molecular complexity index is 615. The Morgan fingerprint density at radius 3 is 2.85 bits per heavy atom. The van der Waals surface area contributed by atoms with E-state index in [0.29, 0.717) is 13.2 Å². The molecule has 3 rings (SSSR count). The Morgan fingerprint density at radius 1 is 1.38 bits per heavy atom. The highest BCUT2D eigenvalue weighted by Crippen LogP contribution is 2.48. The maximum absolute atomic E-state index is 10.1. The van der Waals surface area contributed by atoms with Crippen molar-refractivity contribution in [1.82, 2.24) is 10.6 Å². The molecule has 3 N–H and O–H groups in total. The summed E-state index contributed by atoms with van der Waals surface area (Å²) < 4.78 is 6.67. The molecule has 0 amide bonds. The van der Waals surface area contributed by atoms with Crippen LogP contribution in [0.2, 0.25) is 0 Å². The third-order valence-electron chi connectivity index (χ3n) is 5.04. The first kappa shape index (κ1) is 19.6. The summed E-state index contributed by atoms with van der Waals surface area (Å²) in [4.78, 5) is 4.77. The molecule has 1 atom stereocenters. The molecule has 0 spiro atoms. The van der Waals surface area contributed by atoms with Crippen molar-refractivity contribution in [3.05, 3.63) is 34.3 Å². The van der Waals surface area contributed by atoms with E-state index in [1.807, 2.05) is 6.92 Å². The number of hydrogen-bond donors (Lipinski definition) is 3. The number of benzene rings is 1. The van der Waals surface area contributed by atoms with Crippen LogP contribution in [-0.2, 0) is 10.2 Å². The summed E-state index contributed by atoms with van der Waals surface area (Å²) in [5, 5.41) is 16.6. The number of aliphatic hydroxyl groups is 1. The Morgan fingerprint density at radius 2 is 2.19 bits per heavy atom.